The van der Waals surface area contributed by atoms with Crippen LogP contribution in [0.5, 0.6) is 0 Å². The molecule has 4 rings (SSSR count). The van der Waals surface area contributed by atoms with Gasteiger partial charge in [0.15, 0.2) is 0 Å². The van der Waals surface area contributed by atoms with E-state index in [1.165, 1.54) is 12.8 Å². The second kappa shape index (κ2) is 10.3. The molecule has 2 aliphatic rings. The molecule has 0 aromatic heterocycles. The molecule has 0 spiro atoms. The summed E-state index contributed by atoms with van der Waals surface area (Å²) in [7, 11) is 3.78. The molecular formula is C26H33N3O3. The van der Waals surface area contributed by atoms with Crippen molar-refractivity contribution in [1.82, 2.24) is 15.1 Å². The fourth-order valence-electron chi connectivity index (χ4n) is 5.15. The minimum atomic E-state index is -0.468. The van der Waals surface area contributed by atoms with Gasteiger partial charge < -0.3 is 19.9 Å². The maximum absolute atomic E-state index is 13.6. The van der Waals surface area contributed by atoms with Crippen LogP contribution in [0.25, 0.3) is 0 Å². The molecule has 6 nitrogen and oxygen atoms in total. The second-order valence-corrected chi connectivity index (χ2v) is 8.77. The topological polar surface area (TPSA) is 61.9 Å². The fourth-order valence-corrected chi connectivity index (χ4v) is 5.15. The third-order valence-corrected chi connectivity index (χ3v) is 6.85. The minimum Gasteiger partial charge on any atom is -0.383 e. The smallest absolute Gasteiger partial charge is 0.254 e. The van der Waals surface area contributed by atoms with E-state index in [0.29, 0.717) is 31.3 Å². The first-order valence-electron chi connectivity index (χ1n) is 11.5. The molecule has 0 saturated carbocycles. The van der Waals surface area contributed by atoms with E-state index < -0.39 is 5.92 Å². The summed E-state index contributed by atoms with van der Waals surface area (Å²) in [4.78, 5) is 31.2. The van der Waals surface area contributed by atoms with E-state index in [9.17, 15) is 9.59 Å². The van der Waals surface area contributed by atoms with Gasteiger partial charge in [0.25, 0.3) is 5.91 Å². The van der Waals surface area contributed by atoms with Gasteiger partial charge in [0.2, 0.25) is 5.91 Å². The van der Waals surface area contributed by atoms with Crippen LogP contribution < -0.4 is 5.32 Å². The monoisotopic (exact) mass is 435 g/mol. The van der Waals surface area contributed by atoms with Gasteiger partial charge in [0.05, 0.1) is 18.6 Å². The van der Waals surface area contributed by atoms with Gasteiger partial charge >= 0.3 is 0 Å². The molecular weight excluding hydrogens is 402 g/mol. The number of ether oxygens (including phenoxy) is 1. The molecule has 2 heterocycles. The number of likely N-dealkylation sites (tertiary alicyclic amines) is 1. The van der Waals surface area contributed by atoms with E-state index in [2.05, 4.69) is 17.3 Å². The van der Waals surface area contributed by atoms with Crippen molar-refractivity contribution in [2.24, 2.45) is 0 Å². The minimum absolute atomic E-state index is 0.0260. The molecule has 32 heavy (non-hydrogen) atoms. The van der Waals surface area contributed by atoms with Gasteiger partial charge in [-0.2, -0.15) is 0 Å². The van der Waals surface area contributed by atoms with Gasteiger partial charge in [0, 0.05) is 31.8 Å². The van der Waals surface area contributed by atoms with E-state index in [-0.39, 0.29) is 17.9 Å². The quantitative estimate of drug-likeness (QED) is 0.692. The summed E-state index contributed by atoms with van der Waals surface area (Å²) in [5, 5.41) is 3.20. The Kier molecular flexibility index (Phi) is 7.22. The van der Waals surface area contributed by atoms with Crippen molar-refractivity contribution in [2.75, 3.05) is 40.4 Å². The molecule has 2 aromatic carbocycles. The van der Waals surface area contributed by atoms with Gasteiger partial charge in [-0.1, -0.05) is 48.5 Å². The zero-order valence-corrected chi connectivity index (χ0v) is 19.0. The summed E-state index contributed by atoms with van der Waals surface area (Å²) in [5.74, 6) is -0.547. The van der Waals surface area contributed by atoms with Gasteiger partial charge in [-0.3, -0.25) is 9.59 Å². The number of methoxy groups -OCH3 is 1. The van der Waals surface area contributed by atoms with E-state index in [0.717, 1.165) is 24.1 Å². The Labute approximate surface area is 190 Å². The fraction of sp³-hybridized carbons (Fsp3) is 0.462. The van der Waals surface area contributed by atoms with Crippen LogP contribution in [-0.4, -0.2) is 68.1 Å². The molecule has 0 aliphatic carbocycles. The summed E-state index contributed by atoms with van der Waals surface area (Å²) < 4.78 is 5.29. The molecule has 2 amide bonds. The highest BCUT2D eigenvalue weighted by Gasteiger charge is 2.43. The predicted molar refractivity (Wildman–Crippen MR) is 125 cm³/mol. The van der Waals surface area contributed by atoms with Crippen molar-refractivity contribution in [1.29, 1.82) is 0 Å². The Morgan fingerprint density at radius 3 is 2.59 bits per heavy atom. The summed E-state index contributed by atoms with van der Waals surface area (Å²) in [6.45, 7) is 2.61. The Morgan fingerprint density at radius 1 is 1.12 bits per heavy atom. The number of hydrogen-bond acceptors (Lipinski definition) is 4. The van der Waals surface area contributed by atoms with Gasteiger partial charge in [-0.15, -0.1) is 0 Å². The zero-order chi connectivity index (χ0) is 22.5. The number of amides is 2. The first-order chi connectivity index (χ1) is 15.6. The average molecular weight is 436 g/mol. The lowest BCUT2D eigenvalue weighted by Crippen LogP contribution is -2.48. The first-order valence-corrected chi connectivity index (χ1v) is 11.5. The lowest BCUT2D eigenvalue weighted by molar-refractivity contribution is -0.124. The summed E-state index contributed by atoms with van der Waals surface area (Å²) in [6, 6.07) is 17.5. The molecule has 2 aliphatic heterocycles. The van der Waals surface area contributed by atoms with Crippen LogP contribution in [0.1, 0.15) is 52.7 Å². The Balaban J connectivity index is 1.64. The SMILES string of the molecule is COCCN1C(=O)c2ccccc2[C@H](C(=O)NCC[C@@H]2CCCN2C)[C@@H]1c1ccccc1. The van der Waals surface area contributed by atoms with Crippen molar-refractivity contribution < 1.29 is 14.3 Å². The number of fused-ring (bicyclic) bond motifs is 1. The first kappa shape index (κ1) is 22.5. The molecule has 0 radical (unpaired) electrons. The lowest BCUT2D eigenvalue weighted by Gasteiger charge is -2.41. The average Bonchev–Trinajstić information content (AvgIpc) is 3.23. The van der Waals surface area contributed by atoms with Gasteiger partial charge in [-0.25, -0.2) is 0 Å². The van der Waals surface area contributed by atoms with E-state index >= 15 is 0 Å². The zero-order valence-electron chi connectivity index (χ0n) is 19.0. The molecule has 1 N–H and O–H groups in total. The molecule has 1 fully saturated rings. The number of benzene rings is 2. The third kappa shape index (κ3) is 4.57. The molecule has 6 heteroatoms. The van der Waals surface area contributed by atoms with Crippen molar-refractivity contribution >= 4 is 11.8 Å². The van der Waals surface area contributed by atoms with Crippen molar-refractivity contribution in [2.45, 2.75) is 37.3 Å². The second-order valence-electron chi connectivity index (χ2n) is 8.77. The Hall–Kier alpha value is -2.70. The van der Waals surface area contributed by atoms with Crippen molar-refractivity contribution in [3.8, 4) is 0 Å². The maximum atomic E-state index is 13.6. The van der Waals surface area contributed by atoms with Crippen LogP contribution in [0.2, 0.25) is 0 Å². The Bertz CT molecular complexity index is 933. The normalized spacial score (nSPS) is 23.2. The summed E-state index contributed by atoms with van der Waals surface area (Å²) in [6.07, 6.45) is 3.35. The number of nitrogens with zero attached hydrogens (tertiary/aromatic N) is 2. The highest BCUT2D eigenvalue weighted by molar-refractivity contribution is 6.01. The standard InChI is InChI=1S/C26H33N3O3/c1-28-16-8-11-20(28)14-15-27-25(30)23-21-12-6-7-13-22(21)26(31)29(17-18-32-2)24(23)19-9-4-3-5-10-19/h3-7,9-10,12-13,20,23-24H,8,11,14-18H2,1-2H3,(H,27,30)/t20-,23-,24-/m0/s1. The number of nitrogens with one attached hydrogen (secondary N) is 1. The predicted octanol–water partition coefficient (Wildman–Crippen LogP) is 3.21. The van der Waals surface area contributed by atoms with E-state index in [1.54, 1.807) is 12.0 Å². The largest absolute Gasteiger partial charge is 0.383 e. The number of carbonyl (C=O) groups excluding carboxylic acids is 2. The molecule has 0 bridgehead atoms. The molecule has 2 aromatic rings. The molecule has 3 atom stereocenters. The number of carbonyl (C=O) groups is 2. The number of hydrogen-bond donors (Lipinski definition) is 1. The van der Waals surface area contributed by atoms with E-state index in [4.69, 9.17) is 4.74 Å². The van der Waals surface area contributed by atoms with Crippen molar-refractivity contribution in [3.05, 3.63) is 71.3 Å². The summed E-state index contributed by atoms with van der Waals surface area (Å²) in [5.41, 5.74) is 2.36. The summed E-state index contributed by atoms with van der Waals surface area (Å²) >= 11 is 0. The molecule has 170 valence electrons. The molecule has 1 saturated heterocycles. The van der Waals surface area contributed by atoms with Crippen LogP contribution in [0.4, 0.5) is 0 Å². The molecule has 0 unspecified atom stereocenters. The van der Waals surface area contributed by atoms with Crippen LogP contribution >= 0.6 is 0 Å². The van der Waals surface area contributed by atoms with E-state index in [1.807, 2.05) is 54.6 Å². The number of rotatable bonds is 8. The maximum Gasteiger partial charge on any atom is 0.254 e. The van der Waals surface area contributed by atoms with Crippen LogP contribution in [0.3, 0.4) is 0 Å². The highest BCUT2D eigenvalue weighted by Crippen LogP contribution is 2.42. The van der Waals surface area contributed by atoms with Crippen LogP contribution in [-0.2, 0) is 9.53 Å². The van der Waals surface area contributed by atoms with Crippen LogP contribution in [0.15, 0.2) is 54.6 Å². The van der Waals surface area contributed by atoms with Gasteiger partial charge in [-0.05, 0) is 50.0 Å². The van der Waals surface area contributed by atoms with Crippen LogP contribution in [0, 0.1) is 0 Å². The van der Waals surface area contributed by atoms with Crippen molar-refractivity contribution in [3.63, 3.8) is 0 Å². The third-order valence-electron chi connectivity index (χ3n) is 6.85. The van der Waals surface area contributed by atoms with Gasteiger partial charge in [0.1, 0.15) is 0 Å². The lowest BCUT2D eigenvalue weighted by atomic mass is 9.79. The highest BCUT2D eigenvalue weighted by atomic mass is 16.5. The Morgan fingerprint density at radius 2 is 1.88 bits per heavy atom.